The van der Waals surface area contributed by atoms with Crippen LogP contribution in [0.2, 0.25) is 0 Å². The summed E-state index contributed by atoms with van der Waals surface area (Å²) in [6, 6.07) is 5.76. The molecule has 0 spiro atoms. The van der Waals surface area contributed by atoms with Crippen LogP contribution in [0.3, 0.4) is 0 Å². The van der Waals surface area contributed by atoms with Crippen molar-refractivity contribution in [3.05, 3.63) is 47.1 Å². The number of carbonyl (C=O) groups excluding carboxylic acids is 1. The molecule has 0 saturated heterocycles. The molecule has 1 amide bonds. The fourth-order valence-electron chi connectivity index (χ4n) is 3.00. The highest BCUT2D eigenvalue weighted by Crippen LogP contribution is 2.28. The van der Waals surface area contributed by atoms with Gasteiger partial charge in [0.2, 0.25) is 0 Å². The van der Waals surface area contributed by atoms with Crippen LogP contribution in [-0.4, -0.2) is 38.9 Å². The molecule has 0 bridgehead atoms. The van der Waals surface area contributed by atoms with Crippen LogP contribution >= 0.6 is 0 Å². The maximum absolute atomic E-state index is 12.4. The molecule has 1 aliphatic rings. The van der Waals surface area contributed by atoms with Gasteiger partial charge in [0.05, 0.1) is 13.2 Å². The second-order valence-electron chi connectivity index (χ2n) is 6.84. The highest BCUT2D eigenvalue weighted by molar-refractivity contribution is 6.03. The second-order valence-corrected chi connectivity index (χ2v) is 6.84. The monoisotopic (exact) mass is 372 g/mol. The van der Waals surface area contributed by atoms with Crippen LogP contribution in [0.5, 0.6) is 0 Å². The van der Waals surface area contributed by atoms with Crippen LogP contribution in [-0.2, 0) is 20.7 Å². The fourth-order valence-corrected chi connectivity index (χ4v) is 3.00. The lowest BCUT2D eigenvalue weighted by Gasteiger charge is -2.19. The number of hydrogen-bond acceptors (Lipinski definition) is 4. The molecule has 3 N–H and O–H groups in total. The minimum absolute atomic E-state index is 0.0493. The Kier molecular flexibility index (Phi) is 9.08. The Balaban J connectivity index is 1.62. The maximum Gasteiger partial charge on any atom is 0.251 e. The molecule has 0 aromatic heterocycles. The minimum atomic E-state index is -0.0493. The summed E-state index contributed by atoms with van der Waals surface area (Å²) in [7, 11) is 0. The number of rotatable bonds is 12. The molecule has 1 aromatic rings. The maximum atomic E-state index is 12.4. The molecule has 0 fully saturated rings. The fraction of sp³-hybridized carbons (Fsp3) is 0.500. The number of benzene rings is 1. The molecule has 0 heterocycles. The van der Waals surface area contributed by atoms with E-state index < -0.39 is 0 Å². The summed E-state index contributed by atoms with van der Waals surface area (Å²) in [5.41, 5.74) is 10.2. The second kappa shape index (κ2) is 11.6. The Morgan fingerprint density at radius 1 is 1.15 bits per heavy atom. The first-order chi connectivity index (χ1) is 13.1. The Morgan fingerprint density at radius 3 is 2.70 bits per heavy atom. The predicted molar refractivity (Wildman–Crippen MR) is 110 cm³/mol. The largest absolute Gasteiger partial charge is 0.399 e. The van der Waals surface area contributed by atoms with E-state index in [-0.39, 0.29) is 5.91 Å². The van der Waals surface area contributed by atoms with Crippen LogP contribution in [0.15, 0.2) is 35.9 Å². The third kappa shape index (κ3) is 7.19. The molecule has 27 heavy (non-hydrogen) atoms. The van der Waals surface area contributed by atoms with Gasteiger partial charge in [-0.3, -0.25) is 4.79 Å². The van der Waals surface area contributed by atoms with Crippen LogP contribution in [0, 0.1) is 0 Å². The van der Waals surface area contributed by atoms with E-state index in [4.69, 9.17) is 15.2 Å². The van der Waals surface area contributed by atoms with Gasteiger partial charge in [-0.25, -0.2) is 0 Å². The number of nitrogens with one attached hydrogen (secondary N) is 1. The van der Waals surface area contributed by atoms with Gasteiger partial charge in [-0.15, -0.1) is 0 Å². The van der Waals surface area contributed by atoms with Crippen molar-refractivity contribution in [3.8, 4) is 0 Å². The van der Waals surface area contributed by atoms with E-state index in [2.05, 4.69) is 18.8 Å². The van der Waals surface area contributed by atoms with Gasteiger partial charge in [-0.1, -0.05) is 19.6 Å². The minimum Gasteiger partial charge on any atom is -0.399 e. The van der Waals surface area contributed by atoms with E-state index >= 15 is 0 Å². The Hall–Kier alpha value is -2.11. The smallest absolute Gasteiger partial charge is 0.251 e. The van der Waals surface area contributed by atoms with Crippen LogP contribution < -0.4 is 11.1 Å². The molecular formula is C22H32N2O3. The van der Waals surface area contributed by atoms with Gasteiger partial charge in [0.15, 0.2) is 0 Å². The molecule has 148 valence electrons. The average molecular weight is 373 g/mol. The molecule has 2 rings (SSSR count). The van der Waals surface area contributed by atoms with Crippen molar-refractivity contribution in [3.63, 3.8) is 0 Å². The number of fused-ring (bicyclic) bond motifs is 1. The molecule has 0 unspecified atom stereocenters. The van der Waals surface area contributed by atoms with E-state index in [1.807, 2.05) is 24.3 Å². The average Bonchev–Trinajstić information content (AvgIpc) is 2.65. The van der Waals surface area contributed by atoms with E-state index in [9.17, 15) is 4.79 Å². The van der Waals surface area contributed by atoms with Crippen molar-refractivity contribution in [1.29, 1.82) is 0 Å². The molecule has 0 saturated carbocycles. The van der Waals surface area contributed by atoms with Crippen LogP contribution in [0.25, 0.3) is 6.08 Å². The highest BCUT2D eigenvalue weighted by atomic mass is 16.5. The van der Waals surface area contributed by atoms with Gasteiger partial charge in [0.1, 0.15) is 0 Å². The summed E-state index contributed by atoms with van der Waals surface area (Å²) in [6.45, 7) is 9.67. The zero-order valence-corrected chi connectivity index (χ0v) is 16.4. The molecule has 0 radical (unpaired) electrons. The van der Waals surface area contributed by atoms with Crippen molar-refractivity contribution in [2.24, 2.45) is 0 Å². The summed E-state index contributed by atoms with van der Waals surface area (Å²) < 4.78 is 10.9. The Labute approximate surface area is 162 Å². The van der Waals surface area contributed by atoms with Crippen molar-refractivity contribution in [2.75, 3.05) is 38.7 Å². The van der Waals surface area contributed by atoms with Crippen molar-refractivity contribution < 1.29 is 14.3 Å². The zero-order chi connectivity index (χ0) is 19.5. The Bertz CT molecular complexity index is 668. The number of amides is 1. The van der Waals surface area contributed by atoms with Crippen molar-refractivity contribution in [2.45, 2.75) is 39.0 Å². The summed E-state index contributed by atoms with van der Waals surface area (Å²) in [5.74, 6) is -0.0493. The number of hydrogen-bond donors (Lipinski definition) is 2. The van der Waals surface area contributed by atoms with E-state index in [1.165, 1.54) is 0 Å². The molecule has 5 heteroatoms. The van der Waals surface area contributed by atoms with Gasteiger partial charge in [0.25, 0.3) is 5.91 Å². The normalized spacial score (nSPS) is 13.2. The summed E-state index contributed by atoms with van der Waals surface area (Å²) in [5, 5.41) is 3.00. The van der Waals surface area contributed by atoms with Gasteiger partial charge in [-0.2, -0.15) is 0 Å². The van der Waals surface area contributed by atoms with Crippen molar-refractivity contribution >= 4 is 17.7 Å². The van der Waals surface area contributed by atoms with Gasteiger partial charge >= 0.3 is 0 Å². The number of anilines is 1. The van der Waals surface area contributed by atoms with Gasteiger partial charge in [-0.05, 0) is 67.0 Å². The van der Waals surface area contributed by atoms with Gasteiger partial charge < -0.3 is 20.5 Å². The first kappa shape index (κ1) is 21.2. The molecule has 1 aromatic carbocycles. The number of unbranched alkanes of at least 4 members (excludes halogenated alkanes) is 2. The molecule has 5 nitrogen and oxygen atoms in total. The van der Waals surface area contributed by atoms with Crippen LogP contribution in [0.1, 0.15) is 43.7 Å². The zero-order valence-electron chi connectivity index (χ0n) is 16.4. The summed E-state index contributed by atoms with van der Waals surface area (Å²) in [4.78, 5) is 12.4. The number of nitrogens with two attached hydrogens (primary N) is 1. The molecule has 0 atom stereocenters. The SMILES string of the molecule is C=C1Cc2cc(N)ccc2C=C1C(=O)NCCCCCOCCOCCC. The highest BCUT2D eigenvalue weighted by Gasteiger charge is 2.19. The Morgan fingerprint density at radius 2 is 1.93 bits per heavy atom. The van der Waals surface area contributed by atoms with E-state index in [0.29, 0.717) is 31.8 Å². The molecule has 1 aliphatic carbocycles. The van der Waals surface area contributed by atoms with Gasteiger partial charge in [0, 0.05) is 31.0 Å². The lowest BCUT2D eigenvalue weighted by molar-refractivity contribution is -0.117. The van der Waals surface area contributed by atoms with E-state index in [0.717, 1.165) is 61.3 Å². The first-order valence-electron chi connectivity index (χ1n) is 9.83. The predicted octanol–water partition coefficient (Wildman–Crippen LogP) is 3.49. The summed E-state index contributed by atoms with van der Waals surface area (Å²) in [6.07, 6.45) is 6.57. The third-order valence-electron chi connectivity index (χ3n) is 4.47. The third-order valence-corrected chi connectivity index (χ3v) is 4.47. The first-order valence-corrected chi connectivity index (χ1v) is 9.83. The van der Waals surface area contributed by atoms with E-state index in [1.54, 1.807) is 0 Å². The molecule has 0 aliphatic heterocycles. The summed E-state index contributed by atoms with van der Waals surface area (Å²) >= 11 is 0. The number of carbonyl (C=O) groups is 1. The number of ether oxygens (including phenoxy) is 2. The number of nitrogen functional groups attached to an aromatic ring is 1. The standard InChI is InChI=1S/C22H32N2O3/c1-3-10-26-12-13-27-11-6-4-5-9-24-22(25)21-16-18-7-8-20(23)15-19(18)14-17(21)2/h7-8,15-16H,2-6,9-14,23H2,1H3,(H,24,25). The quantitative estimate of drug-likeness (QED) is 0.435. The topological polar surface area (TPSA) is 73.6 Å². The lowest BCUT2D eigenvalue weighted by atomic mass is 9.88. The lowest BCUT2D eigenvalue weighted by Crippen LogP contribution is -2.28. The van der Waals surface area contributed by atoms with Crippen molar-refractivity contribution in [1.82, 2.24) is 5.32 Å². The van der Waals surface area contributed by atoms with Crippen LogP contribution in [0.4, 0.5) is 5.69 Å². The molecular weight excluding hydrogens is 340 g/mol.